The second kappa shape index (κ2) is 10.8. The molecule has 0 aliphatic carbocycles. The third-order valence-electron chi connectivity index (χ3n) is 2.74. The Morgan fingerprint density at radius 2 is 1.31 bits per heavy atom. The van der Waals surface area contributed by atoms with E-state index in [1.54, 1.807) is 0 Å². The highest BCUT2D eigenvalue weighted by molar-refractivity contribution is 5.73. The Labute approximate surface area is 143 Å². The van der Waals surface area contributed by atoms with Gasteiger partial charge in [0, 0.05) is 31.6 Å². The summed E-state index contributed by atoms with van der Waals surface area (Å²) in [6.07, 6.45) is -9.24. The van der Waals surface area contributed by atoms with E-state index in [1.165, 1.54) is 0 Å². The number of halogens is 6. The van der Waals surface area contributed by atoms with Crippen LogP contribution in [0.3, 0.4) is 0 Å². The summed E-state index contributed by atoms with van der Waals surface area (Å²) in [5.74, 6) is -6.23. The number of rotatable bonds is 3. The lowest BCUT2D eigenvalue weighted by Crippen LogP contribution is -2.57. The molecule has 0 aromatic carbocycles. The fourth-order valence-corrected chi connectivity index (χ4v) is 1.44. The van der Waals surface area contributed by atoms with Gasteiger partial charge in [0.05, 0.1) is 0 Å². The van der Waals surface area contributed by atoms with Gasteiger partial charge in [-0.1, -0.05) is 0 Å². The van der Waals surface area contributed by atoms with Gasteiger partial charge in [-0.25, -0.2) is 9.59 Å². The highest BCUT2D eigenvalue weighted by Gasteiger charge is 2.38. The molecule has 0 aromatic heterocycles. The smallest absolute Gasteiger partial charge is 0.481 e. The molecule has 0 bridgehead atoms. The van der Waals surface area contributed by atoms with Crippen molar-refractivity contribution in [1.82, 2.24) is 10.6 Å². The number of hydrogen-bond acceptors (Lipinski definition) is 5. The van der Waals surface area contributed by atoms with Crippen molar-refractivity contribution in [1.29, 1.82) is 0 Å². The molecule has 1 saturated heterocycles. The molecule has 1 atom stereocenters. The zero-order valence-electron chi connectivity index (χ0n) is 13.4. The summed E-state index contributed by atoms with van der Waals surface area (Å²) in [4.78, 5) is 28.1. The molecule has 0 amide bonds. The average Bonchev–Trinajstić information content (AvgIpc) is 2.45. The van der Waals surface area contributed by atoms with E-state index in [4.69, 9.17) is 24.9 Å². The summed E-state index contributed by atoms with van der Waals surface area (Å²) in [6.45, 7) is 4.82. The normalized spacial score (nSPS) is 20.0. The van der Waals surface area contributed by atoms with E-state index in [9.17, 15) is 31.1 Å². The lowest BCUT2D eigenvalue weighted by atomic mass is 9.94. The first-order valence-corrected chi connectivity index (χ1v) is 6.79. The van der Waals surface area contributed by atoms with E-state index in [2.05, 4.69) is 17.6 Å². The van der Waals surface area contributed by atoms with Crippen LogP contribution in [0.2, 0.25) is 0 Å². The summed E-state index contributed by atoms with van der Waals surface area (Å²) in [5.41, 5.74) is -0.0311. The summed E-state index contributed by atoms with van der Waals surface area (Å²) in [7, 11) is 0. The van der Waals surface area contributed by atoms with Gasteiger partial charge in [0.1, 0.15) is 0 Å². The van der Waals surface area contributed by atoms with Gasteiger partial charge in [-0.15, -0.1) is 0 Å². The number of carbonyl (C=O) groups is 3. The standard InChI is InChI=1S/C8H16N2O2.2C2HF3O2/c1-8(3-2-7(11)12)6-9-4-5-10-8;2*3-2(4,5)1(6)7/h9-10H,2-6H2,1H3,(H,11,12);2*(H,6,7). The minimum Gasteiger partial charge on any atom is -0.481 e. The van der Waals surface area contributed by atoms with Crippen molar-refractivity contribution in [2.75, 3.05) is 19.6 Å². The Bertz CT molecular complexity index is 450. The summed E-state index contributed by atoms with van der Waals surface area (Å²) in [5, 5.41) is 29.3. The molecule has 1 aliphatic rings. The predicted octanol–water partition coefficient (Wildman–Crippen LogP) is 1.07. The molecule has 5 N–H and O–H groups in total. The highest BCUT2D eigenvalue weighted by atomic mass is 19.4. The Morgan fingerprint density at radius 1 is 0.923 bits per heavy atom. The Hall–Kier alpha value is -2.09. The number of carboxylic acids is 3. The van der Waals surface area contributed by atoms with Crippen molar-refractivity contribution in [3.05, 3.63) is 0 Å². The summed E-state index contributed by atoms with van der Waals surface area (Å²) < 4.78 is 63.5. The van der Waals surface area contributed by atoms with Crippen LogP contribution in [-0.2, 0) is 14.4 Å². The van der Waals surface area contributed by atoms with E-state index < -0.39 is 30.3 Å². The molecule has 1 unspecified atom stereocenters. The van der Waals surface area contributed by atoms with Gasteiger partial charge >= 0.3 is 30.3 Å². The van der Waals surface area contributed by atoms with Crippen molar-refractivity contribution in [3.8, 4) is 0 Å². The highest BCUT2D eigenvalue weighted by Crippen LogP contribution is 2.14. The molecule has 0 radical (unpaired) electrons. The molecule has 14 heteroatoms. The third kappa shape index (κ3) is 14.3. The van der Waals surface area contributed by atoms with E-state index in [0.717, 1.165) is 19.6 Å². The molecule has 1 rings (SSSR count). The van der Waals surface area contributed by atoms with Gasteiger partial charge in [0.15, 0.2) is 0 Å². The summed E-state index contributed by atoms with van der Waals surface area (Å²) in [6, 6.07) is 0. The molecule has 1 aliphatic heterocycles. The molecular formula is C12H18F6N2O6. The van der Waals surface area contributed by atoms with E-state index >= 15 is 0 Å². The SMILES string of the molecule is CC1(CCC(=O)O)CNCCN1.O=C(O)C(F)(F)F.O=C(O)C(F)(F)F. The van der Waals surface area contributed by atoms with Crippen LogP contribution in [0.25, 0.3) is 0 Å². The second-order valence-corrected chi connectivity index (χ2v) is 5.16. The van der Waals surface area contributed by atoms with Gasteiger partial charge in [-0.3, -0.25) is 4.79 Å². The van der Waals surface area contributed by atoms with Crippen molar-refractivity contribution < 1.29 is 56.0 Å². The van der Waals surface area contributed by atoms with Crippen LogP contribution in [0, 0.1) is 0 Å². The molecule has 154 valence electrons. The van der Waals surface area contributed by atoms with Gasteiger partial charge in [-0.2, -0.15) is 26.3 Å². The zero-order valence-corrected chi connectivity index (χ0v) is 13.4. The first kappa shape index (κ1) is 26.1. The van der Waals surface area contributed by atoms with E-state index in [-0.39, 0.29) is 12.0 Å². The maximum absolute atomic E-state index is 10.6. The molecule has 1 fully saturated rings. The van der Waals surface area contributed by atoms with Crippen LogP contribution < -0.4 is 10.6 Å². The Balaban J connectivity index is 0. The van der Waals surface area contributed by atoms with Crippen LogP contribution in [0.4, 0.5) is 26.3 Å². The first-order chi connectivity index (χ1) is 11.5. The van der Waals surface area contributed by atoms with Gasteiger partial charge in [0.25, 0.3) is 0 Å². The maximum Gasteiger partial charge on any atom is 0.490 e. The number of aliphatic carboxylic acids is 3. The number of carboxylic acid groups (broad SMARTS) is 3. The Kier molecular flexibility index (Phi) is 10.9. The van der Waals surface area contributed by atoms with Gasteiger partial charge in [0.2, 0.25) is 0 Å². The van der Waals surface area contributed by atoms with E-state index in [0.29, 0.717) is 6.42 Å². The van der Waals surface area contributed by atoms with Crippen LogP contribution in [0.15, 0.2) is 0 Å². The maximum atomic E-state index is 10.6. The minimum atomic E-state index is -5.08. The Morgan fingerprint density at radius 3 is 1.54 bits per heavy atom. The molecule has 26 heavy (non-hydrogen) atoms. The molecule has 1 heterocycles. The average molecular weight is 400 g/mol. The van der Waals surface area contributed by atoms with Crippen molar-refractivity contribution in [2.24, 2.45) is 0 Å². The monoisotopic (exact) mass is 400 g/mol. The van der Waals surface area contributed by atoms with Crippen LogP contribution in [0.1, 0.15) is 19.8 Å². The molecular weight excluding hydrogens is 382 g/mol. The summed E-state index contributed by atoms with van der Waals surface area (Å²) >= 11 is 0. The minimum absolute atomic E-state index is 0.0311. The van der Waals surface area contributed by atoms with Crippen molar-refractivity contribution >= 4 is 17.9 Å². The van der Waals surface area contributed by atoms with Gasteiger partial charge in [-0.05, 0) is 13.3 Å². The molecule has 8 nitrogen and oxygen atoms in total. The van der Waals surface area contributed by atoms with Crippen LogP contribution >= 0.6 is 0 Å². The zero-order chi connectivity index (χ0) is 21.2. The second-order valence-electron chi connectivity index (χ2n) is 5.16. The number of nitrogens with one attached hydrogen (secondary N) is 2. The van der Waals surface area contributed by atoms with Crippen molar-refractivity contribution in [2.45, 2.75) is 37.7 Å². The first-order valence-electron chi connectivity index (χ1n) is 6.79. The van der Waals surface area contributed by atoms with Gasteiger partial charge < -0.3 is 26.0 Å². The van der Waals surface area contributed by atoms with E-state index in [1.807, 2.05) is 0 Å². The quantitative estimate of drug-likeness (QED) is 0.444. The van der Waals surface area contributed by atoms with Crippen LogP contribution in [-0.4, -0.2) is 70.8 Å². The lowest BCUT2D eigenvalue weighted by molar-refractivity contribution is -0.193. The molecule has 0 spiro atoms. The topological polar surface area (TPSA) is 136 Å². The number of alkyl halides is 6. The third-order valence-corrected chi connectivity index (χ3v) is 2.74. The lowest BCUT2D eigenvalue weighted by Gasteiger charge is -2.35. The number of piperazine rings is 1. The number of hydrogen-bond donors (Lipinski definition) is 5. The predicted molar refractivity (Wildman–Crippen MR) is 73.5 cm³/mol. The fraction of sp³-hybridized carbons (Fsp3) is 0.750. The van der Waals surface area contributed by atoms with Crippen LogP contribution in [0.5, 0.6) is 0 Å². The molecule has 0 aromatic rings. The molecule has 0 saturated carbocycles. The largest absolute Gasteiger partial charge is 0.490 e. The fourth-order valence-electron chi connectivity index (χ4n) is 1.44. The van der Waals surface area contributed by atoms with Crippen molar-refractivity contribution in [3.63, 3.8) is 0 Å².